The van der Waals surface area contributed by atoms with Crippen molar-refractivity contribution < 1.29 is 65.7 Å². The molecule has 2 heterocycles. The Kier molecular flexibility index (Phi) is 10.8. The number of likely N-dealkylation sites (N-methyl/N-ethyl adjacent to an activating group) is 1. The Balaban J connectivity index is 0.000000366. The number of aromatic hydroxyl groups is 1. The minimum Gasteiger partial charge on any atom is -0.534 e. The quantitative estimate of drug-likeness (QED) is 0.174. The summed E-state index contributed by atoms with van der Waals surface area (Å²) in [5, 5.41) is 21.4. The number of nitrogens with zero attached hydrogens (tertiary/aromatic N) is 3. The molecule has 0 unspecified atom stereocenters. The SMILES string of the molecule is CN1CCc2cc(Nc3ncc([C-]=N)c(N[C-]=O)n3)ccc2C1(C)C.Oc1[c-]c(Cl)cc(F)c1.[K+]. The maximum Gasteiger partial charge on any atom is 1.00 e. The second-order valence-corrected chi connectivity index (χ2v) is 8.47. The number of nitrogens with one attached hydrogen (secondary N) is 3. The van der Waals surface area contributed by atoms with Crippen LogP contribution in [0.2, 0.25) is 5.02 Å². The Morgan fingerprint density at radius 3 is 2.69 bits per heavy atom. The van der Waals surface area contributed by atoms with Crippen LogP contribution in [-0.2, 0) is 16.8 Å². The van der Waals surface area contributed by atoms with Crippen LogP contribution in [0.15, 0.2) is 36.5 Å². The summed E-state index contributed by atoms with van der Waals surface area (Å²) in [6, 6.07) is 10.5. The summed E-state index contributed by atoms with van der Waals surface area (Å²) in [4.78, 5) is 21.3. The summed E-state index contributed by atoms with van der Waals surface area (Å²) in [5.74, 6) is -0.302. The average molecular weight is 521 g/mol. The number of halogens is 2. The van der Waals surface area contributed by atoms with Crippen LogP contribution < -0.4 is 62.0 Å². The molecule has 178 valence electrons. The summed E-state index contributed by atoms with van der Waals surface area (Å²) in [6.07, 6.45) is 6.15. The van der Waals surface area contributed by atoms with Gasteiger partial charge in [0.2, 0.25) is 0 Å². The van der Waals surface area contributed by atoms with Gasteiger partial charge in [-0.15, -0.1) is 29.3 Å². The first-order valence-electron chi connectivity index (χ1n) is 10.3. The standard InChI is InChI=1S/C18H20N6O.C6H3ClFO.K/c1-18(2)15-5-4-14(8-12(15)6-7-24(18)3)22-17-20-10-13(9-19)16(23-17)21-11-25;7-4-1-5(8)3-6(9)2-4;/h4-5,8,10,19H,6-7H2,1-3H3,(H2,20,21,22,23,25);1,3,9H;/q-2;-1;+1. The topological polar surface area (TPSA) is 114 Å². The van der Waals surface area contributed by atoms with E-state index in [1.54, 1.807) is 6.41 Å². The number of hydrogen-bond donors (Lipinski definition) is 4. The molecule has 0 aliphatic carbocycles. The van der Waals surface area contributed by atoms with E-state index in [9.17, 15) is 9.18 Å². The van der Waals surface area contributed by atoms with E-state index in [0.717, 1.165) is 30.8 Å². The largest absolute Gasteiger partial charge is 1.00 e. The van der Waals surface area contributed by atoms with Crippen LogP contribution in [0.4, 0.5) is 21.8 Å². The number of anilines is 3. The zero-order valence-electron chi connectivity index (χ0n) is 19.8. The molecule has 11 heteroatoms. The first kappa shape index (κ1) is 29.3. The van der Waals surface area contributed by atoms with E-state index < -0.39 is 5.82 Å². The van der Waals surface area contributed by atoms with E-state index in [-0.39, 0.29) is 73.5 Å². The number of phenols is 1. The molecule has 0 saturated carbocycles. The molecule has 4 rings (SSSR count). The van der Waals surface area contributed by atoms with Gasteiger partial charge in [-0.05, 0) is 56.4 Å². The Morgan fingerprint density at radius 1 is 1.31 bits per heavy atom. The van der Waals surface area contributed by atoms with Crippen molar-refractivity contribution in [2.24, 2.45) is 0 Å². The third kappa shape index (κ3) is 7.53. The molecule has 1 aromatic heterocycles. The van der Waals surface area contributed by atoms with E-state index in [1.165, 1.54) is 17.3 Å². The van der Waals surface area contributed by atoms with Gasteiger partial charge in [0.05, 0.1) is 6.41 Å². The molecule has 35 heavy (non-hydrogen) atoms. The van der Waals surface area contributed by atoms with Crippen LogP contribution in [0.3, 0.4) is 0 Å². The van der Waals surface area contributed by atoms with Gasteiger partial charge in [-0.1, -0.05) is 29.6 Å². The number of aromatic nitrogens is 2. The van der Waals surface area contributed by atoms with Gasteiger partial charge in [-0.2, -0.15) is 0 Å². The molecule has 0 bridgehead atoms. The van der Waals surface area contributed by atoms with Crippen molar-refractivity contribution in [3.05, 3.63) is 70.1 Å². The number of hydrogen-bond acceptors (Lipinski definition) is 7. The van der Waals surface area contributed by atoms with Crippen LogP contribution >= 0.6 is 11.6 Å². The van der Waals surface area contributed by atoms with Crippen molar-refractivity contribution in [2.75, 3.05) is 24.2 Å². The Labute approximate surface area is 251 Å². The molecular formula is C24H23ClFKN6O2-2. The van der Waals surface area contributed by atoms with Gasteiger partial charge in [0.25, 0.3) is 0 Å². The summed E-state index contributed by atoms with van der Waals surface area (Å²) >= 11 is 5.29. The molecule has 0 saturated heterocycles. The van der Waals surface area contributed by atoms with Crippen molar-refractivity contribution in [1.82, 2.24) is 14.9 Å². The fraction of sp³-hybridized carbons (Fsp3) is 0.250. The molecule has 0 atom stereocenters. The van der Waals surface area contributed by atoms with E-state index in [4.69, 9.17) is 22.1 Å². The van der Waals surface area contributed by atoms with Crippen LogP contribution in [0.25, 0.3) is 0 Å². The first-order chi connectivity index (χ1) is 16.1. The zero-order valence-corrected chi connectivity index (χ0v) is 23.7. The smallest absolute Gasteiger partial charge is 0.534 e. The Bertz CT molecular complexity index is 1160. The van der Waals surface area contributed by atoms with Crippen LogP contribution in [0.5, 0.6) is 5.75 Å². The number of phenolic OH excluding ortho intramolecular Hbond substituents is 1. The van der Waals surface area contributed by atoms with E-state index in [0.29, 0.717) is 11.5 Å². The van der Waals surface area contributed by atoms with Crippen molar-refractivity contribution in [3.63, 3.8) is 0 Å². The van der Waals surface area contributed by atoms with Crippen molar-refractivity contribution in [1.29, 1.82) is 5.41 Å². The maximum atomic E-state index is 12.2. The van der Waals surface area contributed by atoms with Crippen LogP contribution in [-0.4, -0.2) is 46.2 Å². The van der Waals surface area contributed by atoms with E-state index in [2.05, 4.69) is 70.8 Å². The molecule has 8 nitrogen and oxygen atoms in total. The number of benzene rings is 2. The molecule has 0 fully saturated rings. The van der Waals surface area contributed by atoms with Gasteiger partial charge in [0.1, 0.15) is 0 Å². The zero-order chi connectivity index (χ0) is 24.9. The van der Waals surface area contributed by atoms with E-state index >= 15 is 0 Å². The Morgan fingerprint density at radius 2 is 2.06 bits per heavy atom. The van der Waals surface area contributed by atoms with Gasteiger partial charge in [-0.3, -0.25) is 14.9 Å². The molecular weight excluding hydrogens is 498 g/mol. The number of rotatable bonds is 5. The summed E-state index contributed by atoms with van der Waals surface area (Å²) in [7, 11) is 2.14. The van der Waals surface area contributed by atoms with Crippen LogP contribution in [0, 0.1) is 17.3 Å². The monoisotopic (exact) mass is 520 g/mol. The second-order valence-electron chi connectivity index (χ2n) is 8.07. The molecule has 1 aliphatic rings. The van der Waals surface area contributed by atoms with Crippen LogP contribution in [0.1, 0.15) is 30.5 Å². The molecule has 4 N–H and O–H groups in total. The first-order valence-corrected chi connectivity index (χ1v) is 10.6. The van der Waals surface area contributed by atoms with Gasteiger partial charge >= 0.3 is 51.4 Å². The van der Waals surface area contributed by atoms with Gasteiger partial charge < -0.3 is 25.9 Å². The molecule has 2 aromatic carbocycles. The van der Waals surface area contributed by atoms with Gasteiger partial charge in [-0.25, -0.2) is 4.39 Å². The number of fused-ring (bicyclic) bond motifs is 1. The number of amides is 1. The summed E-state index contributed by atoms with van der Waals surface area (Å²) < 4.78 is 12.2. The third-order valence-corrected chi connectivity index (χ3v) is 5.77. The second kappa shape index (κ2) is 12.9. The van der Waals surface area contributed by atoms with Gasteiger partial charge in [0, 0.05) is 29.3 Å². The van der Waals surface area contributed by atoms with E-state index in [1.807, 2.05) is 6.07 Å². The number of carbonyl (C=O) groups excluding carboxylic acids is 1. The predicted molar refractivity (Wildman–Crippen MR) is 129 cm³/mol. The fourth-order valence-corrected chi connectivity index (χ4v) is 3.74. The molecule has 0 radical (unpaired) electrons. The molecule has 3 aromatic rings. The van der Waals surface area contributed by atoms with Crippen molar-refractivity contribution >= 4 is 41.7 Å². The fourth-order valence-electron chi connectivity index (χ4n) is 3.54. The third-order valence-electron chi connectivity index (χ3n) is 5.57. The predicted octanol–water partition coefficient (Wildman–Crippen LogP) is 1.29. The molecule has 0 spiro atoms. The summed E-state index contributed by atoms with van der Waals surface area (Å²) in [6.45, 7) is 5.45. The minimum atomic E-state index is -0.559. The Hall–Kier alpha value is -1.92. The normalized spacial score (nSPS) is 13.9. The summed E-state index contributed by atoms with van der Waals surface area (Å²) in [5.41, 5.74) is 3.80. The molecule has 1 aliphatic heterocycles. The minimum absolute atomic E-state index is 0. The maximum absolute atomic E-state index is 12.2. The molecule has 1 amide bonds. The van der Waals surface area contributed by atoms with Crippen molar-refractivity contribution in [3.8, 4) is 5.75 Å². The van der Waals surface area contributed by atoms with Gasteiger partial charge in [0.15, 0.2) is 5.95 Å². The average Bonchev–Trinajstić information content (AvgIpc) is 2.76. The van der Waals surface area contributed by atoms with Crippen molar-refractivity contribution in [2.45, 2.75) is 25.8 Å².